The van der Waals surface area contributed by atoms with E-state index in [1.54, 1.807) is 22.9 Å². The lowest BCUT2D eigenvalue weighted by Crippen LogP contribution is -2.16. The summed E-state index contributed by atoms with van der Waals surface area (Å²) < 4.78 is 8.12. The number of aromatic amines is 1. The molecule has 0 aliphatic heterocycles. The number of hydrogen-bond donors (Lipinski definition) is 2. The van der Waals surface area contributed by atoms with Gasteiger partial charge in [0.1, 0.15) is 18.2 Å². The molecule has 9 heteroatoms. The fourth-order valence-electron chi connectivity index (χ4n) is 2.35. The van der Waals surface area contributed by atoms with Crippen molar-refractivity contribution in [1.82, 2.24) is 14.9 Å². The van der Waals surface area contributed by atoms with Crippen molar-refractivity contribution in [3.8, 4) is 5.75 Å². The van der Waals surface area contributed by atoms with E-state index in [2.05, 4.69) is 15.6 Å². The summed E-state index contributed by atoms with van der Waals surface area (Å²) in [6.45, 7) is 2.62. The van der Waals surface area contributed by atoms with Crippen LogP contribution in [0.2, 0.25) is 15.1 Å². The number of nitrogens with zero attached hydrogens (tertiary/aromatic N) is 2. The Kier molecular flexibility index (Phi) is 6.09. The van der Waals surface area contributed by atoms with Gasteiger partial charge in [-0.25, -0.2) is 4.68 Å². The van der Waals surface area contributed by atoms with Crippen LogP contribution in [0.15, 0.2) is 36.4 Å². The number of rotatable bonds is 6. The van der Waals surface area contributed by atoms with E-state index in [4.69, 9.17) is 51.8 Å². The van der Waals surface area contributed by atoms with Crippen LogP contribution >= 0.6 is 47.0 Å². The van der Waals surface area contributed by atoms with Crippen LogP contribution < -0.4 is 10.2 Å². The predicted molar refractivity (Wildman–Crippen MR) is 107 cm³/mol. The molecule has 0 atom stereocenters. The molecule has 0 fully saturated rings. The summed E-state index contributed by atoms with van der Waals surface area (Å²) in [6, 6.07) is 10.7. The van der Waals surface area contributed by atoms with Crippen LogP contribution in [0.5, 0.6) is 5.75 Å². The summed E-state index contributed by atoms with van der Waals surface area (Å²) in [5.74, 6) is 1.42. The van der Waals surface area contributed by atoms with Crippen molar-refractivity contribution in [2.75, 3.05) is 5.43 Å². The van der Waals surface area contributed by atoms with Crippen molar-refractivity contribution in [2.45, 2.75) is 20.1 Å². The number of benzene rings is 2. The van der Waals surface area contributed by atoms with Gasteiger partial charge in [-0.15, -0.1) is 0 Å². The van der Waals surface area contributed by atoms with Crippen LogP contribution in [-0.2, 0) is 13.2 Å². The van der Waals surface area contributed by atoms with E-state index in [9.17, 15) is 0 Å². The molecular weight excluding hydrogens is 415 g/mol. The lowest BCUT2D eigenvalue weighted by molar-refractivity contribution is 0.303. The molecule has 0 saturated heterocycles. The summed E-state index contributed by atoms with van der Waals surface area (Å²) >= 11 is 23.4. The Morgan fingerprint density at radius 1 is 1.12 bits per heavy atom. The minimum Gasteiger partial charge on any atom is -0.488 e. The van der Waals surface area contributed by atoms with Crippen molar-refractivity contribution in [1.29, 1.82) is 0 Å². The van der Waals surface area contributed by atoms with Gasteiger partial charge in [-0.2, -0.15) is 5.10 Å². The molecule has 2 N–H and O–H groups in total. The van der Waals surface area contributed by atoms with Gasteiger partial charge in [0.15, 0.2) is 0 Å². The van der Waals surface area contributed by atoms with Crippen LogP contribution in [0.1, 0.15) is 17.0 Å². The average Bonchev–Trinajstić information content (AvgIpc) is 2.91. The van der Waals surface area contributed by atoms with Crippen molar-refractivity contribution in [3.63, 3.8) is 0 Å². The number of H-pyrrole nitrogens is 1. The van der Waals surface area contributed by atoms with E-state index in [0.717, 1.165) is 17.0 Å². The smallest absolute Gasteiger partial charge is 0.214 e. The van der Waals surface area contributed by atoms with Crippen LogP contribution in [0.4, 0.5) is 0 Å². The van der Waals surface area contributed by atoms with E-state index < -0.39 is 0 Å². The van der Waals surface area contributed by atoms with E-state index in [0.29, 0.717) is 38.7 Å². The largest absolute Gasteiger partial charge is 0.488 e. The summed E-state index contributed by atoms with van der Waals surface area (Å²) in [4.78, 5) is 0. The summed E-state index contributed by atoms with van der Waals surface area (Å²) in [5.41, 5.74) is 4.92. The third-order valence-electron chi connectivity index (χ3n) is 3.69. The fraction of sp³-hybridized carbons (Fsp3) is 0.176. The third kappa shape index (κ3) is 4.51. The van der Waals surface area contributed by atoms with Gasteiger partial charge < -0.3 is 10.2 Å². The number of aryl methyl sites for hydroxylation is 1. The highest BCUT2D eigenvalue weighted by molar-refractivity contribution is 7.71. The Bertz CT molecular complexity index is 986. The molecule has 0 radical (unpaired) electrons. The molecule has 26 heavy (non-hydrogen) atoms. The standard InChI is InChI=1S/C17H15Cl3N4OS/c1-10-22-23-17(26)24(10)21-8-12-6-13(18)4-5-16(12)25-9-11-2-3-14(19)7-15(11)20/h2-7,21H,8-9H2,1H3,(H,23,26). The lowest BCUT2D eigenvalue weighted by atomic mass is 10.2. The number of nitrogens with one attached hydrogen (secondary N) is 2. The Morgan fingerprint density at radius 2 is 1.85 bits per heavy atom. The van der Waals surface area contributed by atoms with Crippen LogP contribution in [0, 0.1) is 11.7 Å². The molecule has 0 aliphatic rings. The zero-order valence-corrected chi connectivity index (χ0v) is 16.8. The van der Waals surface area contributed by atoms with E-state index in [1.807, 2.05) is 25.1 Å². The Hall–Kier alpha value is -1.73. The molecule has 0 spiro atoms. The fourth-order valence-corrected chi connectivity index (χ4v) is 3.25. The first kappa shape index (κ1) is 19.0. The number of halogens is 3. The number of hydrogen-bond acceptors (Lipinski definition) is 4. The van der Waals surface area contributed by atoms with Crippen LogP contribution in [0.25, 0.3) is 0 Å². The summed E-state index contributed by atoms with van der Waals surface area (Å²) in [5, 5.41) is 8.55. The van der Waals surface area contributed by atoms with Gasteiger partial charge in [0, 0.05) is 26.2 Å². The monoisotopic (exact) mass is 428 g/mol. The zero-order valence-electron chi connectivity index (χ0n) is 13.7. The molecule has 3 aromatic rings. The second kappa shape index (κ2) is 8.31. The molecule has 0 bridgehead atoms. The molecule has 0 unspecified atom stereocenters. The maximum absolute atomic E-state index is 6.20. The quantitative estimate of drug-likeness (QED) is 0.506. The minimum atomic E-state index is 0.314. The molecule has 0 saturated carbocycles. The molecule has 3 rings (SSSR count). The molecule has 5 nitrogen and oxygen atoms in total. The van der Waals surface area contributed by atoms with Gasteiger partial charge in [0.05, 0.1) is 6.54 Å². The number of aromatic nitrogens is 3. The van der Waals surface area contributed by atoms with Gasteiger partial charge in [0.25, 0.3) is 0 Å². The van der Waals surface area contributed by atoms with E-state index >= 15 is 0 Å². The maximum atomic E-state index is 6.20. The van der Waals surface area contributed by atoms with Crippen LogP contribution in [0.3, 0.4) is 0 Å². The zero-order chi connectivity index (χ0) is 18.7. The minimum absolute atomic E-state index is 0.314. The Morgan fingerprint density at radius 3 is 2.54 bits per heavy atom. The first-order chi connectivity index (χ1) is 12.4. The third-order valence-corrected chi connectivity index (χ3v) is 4.78. The molecule has 136 valence electrons. The molecule has 0 aliphatic carbocycles. The van der Waals surface area contributed by atoms with Gasteiger partial charge >= 0.3 is 0 Å². The Balaban J connectivity index is 1.76. The SMILES string of the molecule is Cc1n[nH]c(=S)n1NCc1cc(Cl)ccc1OCc1ccc(Cl)cc1Cl. The van der Waals surface area contributed by atoms with Crippen molar-refractivity contribution < 1.29 is 4.74 Å². The predicted octanol–water partition coefficient (Wildman–Crippen LogP) is 5.53. The van der Waals surface area contributed by atoms with Gasteiger partial charge in [0.2, 0.25) is 4.77 Å². The molecule has 1 heterocycles. The molecular formula is C17H15Cl3N4OS. The summed E-state index contributed by atoms with van der Waals surface area (Å²) in [6.07, 6.45) is 0. The lowest BCUT2D eigenvalue weighted by Gasteiger charge is -2.14. The topological polar surface area (TPSA) is 54.9 Å². The highest BCUT2D eigenvalue weighted by Crippen LogP contribution is 2.26. The van der Waals surface area contributed by atoms with E-state index in [-0.39, 0.29) is 0 Å². The summed E-state index contributed by atoms with van der Waals surface area (Å²) in [7, 11) is 0. The first-order valence-corrected chi connectivity index (χ1v) is 9.21. The molecule has 0 amide bonds. The molecule has 2 aromatic carbocycles. The van der Waals surface area contributed by atoms with Gasteiger partial charge in [-0.05, 0) is 49.5 Å². The van der Waals surface area contributed by atoms with Crippen LogP contribution in [-0.4, -0.2) is 14.9 Å². The second-order valence-corrected chi connectivity index (χ2v) is 7.19. The second-order valence-electron chi connectivity index (χ2n) is 5.52. The van der Waals surface area contributed by atoms with Crippen molar-refractivity contribution in [2.24, 2.45) is 0 Å². The highest BCUT2D eigenvalue weighted by Gasteiger charge is 2.09. The van der Waals surface area contributed by atoms with Crippen molar-refractivity contribution in [3.05, 3.63) is 73.2 Å². The maximum Gasteiger partial charge on any atom is 0.214 e. The van der Waals surface area contributed by atoms with E-state index in [1.165, 1.54) is 0 Å². The van der Waals surface area contributed by atoms with Gasteiger partial charge in [-0.1, -0.05) is 40.9 Å². The van der Waals surface area contributed by atoms with Crippen molar-refractivity contribution >= 4 is 47.0 Å². The Labute approximate surface area is 170 Å². The number of ether oxygens (including phenoxy) is 1. The van der Waals surface area contributed by atoms with Gasteiger partial charge in [-0.3, -0.25) is 5.10 Å². The normalized spacial score (nSPS) is 10.8. The highest BCUT2D eigenvalue weighted by atomic mass is 35.5. The first-order valence-electron chi connectivity index (χ1n) is 7.67. The molecule has 1 aromatic heterocycles. The average molecular weight is 430 g/mol.